The molecule has 0 aromatic carbocycles. The van der Waals surface area contributed by atoms with Gasteiger partial charge in [-0.05, 0) is 12.8 Å². The molecule has 2 saturated heterocycles. The van der Waals surface area contributed by atoms with Crippen molar-refractivity contribution in [2.75, 3.05) is 32.8 Å². The number of hydrogen-bond donors (Lipinski definition) is 2. The Hall–Kier alpha value is -0.650. The molecule has 1 amide bonds. The number of nitrogens with zero attached hydrogens (tertiary/aromatic N) is 2. The van der Waals surface area contributed by atoms with E-state index < -0.39 is 0 Å². The average Bonchev–Trinajstić information content (AvgIpc) is 2.74. The first-order valence-electron chi connectivity index (χ1n) is 5.03. The van der Waals surface area contributed by atoms with Crippen molar-refractivity contribution in [3.8, 4) is 0 Å². The Kier molecular flexibility index (Phi) is 2.47. The van der Waals surface area contributed by atoms with E-state index in [1.165, 1.54) is 0 Å². The lowest BCUT2D eigenvalue weighted by atomic mass is 9.86. The molecule has 0 aliphatic carbocycles. The first-order valence-corrected chi connectivity index (χ1v) is 5.03. The van der Waals surface area contributed by atoms with Crippen molar-refractivity contribution in [2.24, 2.45) is 11.3 Å². The maximum absolute atomic E-state index is 11.3. The van der Waals surface area contributed by atoms with Crippen LogP contribution in [-0.2, 0) is 4.79 Å². The number of likely N-dealkylation sites (tertiary alicyclic amines) is 1. The maximum Gasteiger partial charge on any atom is 0.248 e. The molecule has 2 fully saturated rings. The molecular formula is C9H17N3O2. The molecule has 2 aliphatic heterocycles. The van der Waals surface area contributed by atoms with E-state index in [0.717, 1.165) is 39.0 Å². The highest BCUT2D eigenvalue weighted by Gasteiger charge is 2.43. The van der Waals surface area contributed by atoms with Crippen LogP contribution in [0.2, 0.25) is 0 Å². The van der Waals surface area contributed by atoms with Crippen LogP contribution in [0.4, 0.5) is 0 Å². The van der Waals surface area contributed by atoms with Crippen molar-refractivity contribution >= 4 is 5.91 Å². The maximum atomic E-state index is 11.3. The van der Waals surface area contributed by atoms with E-state index >= 15 is 0 Å². The van der Waals surface area contributed by atoms with E-state index in [1.54, 1.807) is 4.90 Å². The summed E-state index contributed by atoms with van der Waals surface area (Å²) in [6.07, 6.45) is 2.09. The van der Waals surface area contributed by atoms with Crippen molar-refractivity contribution in [2.45, 2.75) is 12.8 Å². The predicted octanol–water partition coefficient (Wildman–Crippen LogP) is -1.22. The zero-order valence-electron chi connectivity index (χ0n) is 8.28. The third-order valence-corrected chi connectivity index (χ3v) is 3.39. The molecular weight excluding hydrogens is 182 g/mol. The van der Waals surface area contributed by atoms with Crippen LogP contribution in [0.3, 0.4) is 0 Å². The Bertz CT molecular complexity index is 246. The van der Waals surface area contributed by atoms with E-state index in [9.17, 15) is 4.79 Å². The van der Waals surface area contributed by atoms with Crippen molar-refractivity contribution in [3.63, 3.8) is 0 Å². The monoisotopic (exact) mass is 199 g/mol. The molecule has 1 unspecified atom stereocenters. The summed E-state index contributed by atoms with van der Waals surface area (Å²) in [5.74, 6) is 5.57. The van der Waals surface area contributed by atoms with Gasteiger partial charge in [-0.3, -0.25) is 10.6 Å². The van der Waals surface area contributed by atoms with Crippen LogP contribution >= 0.6 is 0 Å². The van der Waals surface area contributed by atoms with Gasteiger partial charge in [0, 0.05) is 31.6 Å². The highest BCUT2D eigenvalue weighted by atomic mass is 16.3. The molecule has 2 heterocycles. The van der Waals surface area contributed by atoms with E-state index in [-0.39, 0.29) is 17.9 Å². The number of hydrogen-bond acceptors (Lipinski definition) is 4. The summed E-state index contributed by atoms with van der Waals surface area (Å²) in [5.41, 5.74) is 0.208. The minimum atomic E-state index is -0.373. The van der Waals surface area contributed by atoms with Gasteiger partial charge in [-0.1, -0.05) is 0 Å². The number of carbonyl (C=O) groups is 1. The van der Waals surface area contributed by atoms with Crippen molar-refractivity contribution in [1.82, 2.24) is 9.91 Å². The SMILES string of the molecule is NN1CCC2(CCN(C(=O)CO)C2)C1. The molecule has 14 heavy (non-hydrogen) atoms. The third kappa shape index (κ3) is 1.63. The summed E-state index contributed by atoms with van der Waals surface area (Å²) in [5, 5.41) is 10.6. The highest BCUT2D eigenvalue weighted by molar-refractivity contribution is 5.77. The topological polar surface area (TPSA) is 69.8 Å². The fourth-order valence-corrected chi connectivity index (χ4v) is 2.55. The van der Waals surface area contributed by atoms with Gasteiger partial charge in [0.15, 0.2) is 0 Å². The predicted molar refractivity (Wildman–Crippen MR) is 51.1 cm³/mol. The van der Waals surface area contributed by atoms with Crippen molar-refractivity contribution < 1.29 is 9.90 Å². The standard InChI is InChI=1S/C9H17N3O2/c10-12-4-2-9(7-12)1-3-11(6-9)8(14)5-13/h13H,1-7,10H2. The smallest absolute Gasteiger partial charge is 0.248 e. The van der Waals surface area contributed by atoms with Gasteiger partial charge < -0.3 is 10.0 Å². The molecule has 2 rings (SSSR count). The third-order valence-electron chi connectivity index (χ3n) is 3.39. The summed E-state index contributed by atoms with van der Waals surface area (Å²) in [4.78, 5) is 13.0. The van der Waals surface area contributed by atoms with Crippen molar-refractivity contribution in [1.29, 1.82) is 0 Å². The average molecular weight is 199 g/mol. The van der Waals surface area contributed by atoms with Crippen LogP contribution < -0.4 is 5.84 Å². The fraction of sp³-hybridized carbons (Fsp3) is 0.889. The van der Waals surface area contributed by atoms with E-state index in [2.05, 4.69) is 0 Å². The van der Waals surface area contributed by atoms with Crippen molar-refractivity contribution in [3.05, 3.63) is 0 Å². The molecule has 5 heteroatoms. The number of carbonyl (C=O) groups excluding carboxylic acids is 1. The molecule has 3 N–H and O–H groups in total. The first kappa shape index (κ1) is 9.89. The van der Waals surface area contributed by atoms with Gasteiger partial charge >= 0.3 is 0 Å². The number of rotatable bonds is 1. The summed E-state index contributed by atoms with van der Waals surface area (Å²) < 4.78 is 0. The summed E-state index contributed by atoms with van der Waals surface area (Å²) >= 11 is 0. The van der Waals surface area contributed by atoms with Crippen LogP contribution in [-0.4, -0.2) is 53.7 Å². The molecule has 0 aromatic rings. The van der Waals surface area contributed by atoms with Crippen LogP contribution in [0.25, 0.3) is 0 Å². The van der Waals surface area contributed by atoms with Gasteiger partial charge in [-0.2, -0.15) is 0 Å². The normalized spacial score (nSPS) is 33.1. The second-order valence-corrected chi connectivity index (χ2v) is 4.44. The summed E-state index contributed by atoms with van der Waals surface area (Å²) in [6, 6.07) is 0. The number of aliphatic hydroxyl groups is 1. The lowest BCUT2D eigenvalue weighted by Gasteiger charge is -2.23. The van der Waals surface area contributed by atoms with Gasteiger partial charge in [0.1, 0.15) is 6.61 Å². The number of amides is 1. The molecule has 80 valence electrons. The Labute approximate surface area is 83.4 Å². The zero-order valence-corrected chi connectivity index (χ0v) is 8.28. The lowest BCUT2D eigenvalue weighted by molar-refractivity contribution is -0.133. The lowest BCUT2D eigenvalue weighted by Crippen LogP contribution is -2.36. The number of aliphatic hydroxyl groups excluding tert-OH is 1. The molecule has 0 radical (unpaired) electrons. The van der Waals surface area contributed by atoms with Gasteiger partial charge in [0.05, 0.1) is 0 Å². The number of nitrogens with two attached hydrogens (primary N) is 1. The Morgan fingerprint density at radius 3 is 2.64 bits per heavy atom. The fourth-order valence-electron chi connectivity index (χ4n) is 2.55. The van der Waals surface area contributed by atoms with E-state index in [0.29, 0.717) is 0 Å². The number of hydrazine groups is 1. The first-order chi connectivity index (χ1) is 6.65. The largest absolute Gasteiger partial charge is 0.387 e. The second kappa shape index (κ2) is 3.49. The molecule has 2 aliphatic rings. The summed E-state index contributed by atoms with van der Waals surface area (Å²) in [6.45, 7) is 2.96. The molecule has 1 spiro atoms. The molecule has 1 atom stereocenters. The quantitative estimate of drug-likeness (QED) is 0.519. The van der Waals surface area contributed by atoms with E-state index in [1.807, 2.05) is 5.01 Å². The van der Waals surface area contributed by atoms with Crippen LogP contribution in [0.5, 0.6) is 0 Å². The van der Waals surface area contributed by atoms with E-state index in [4.69, 9.17) is 10.9 Å². The molecule has 5 nitrogen and oxygen atoms in total. The molecule has 0 bridgehead atoms. The molecule has 0 saturated carbocycles. The minimum absolute atomic E-state index is 0.155. The van der Waals surface area contributed by atoms with Crippen LogP contribution in [0, 0.1) is 5.41 Å². The second-order valence-electron chi connectivity index (χ2n) is 4.44. The van der Waals surface area contributed by atoms with Gasteiger partial charge in [-0.15, -0.1) is 0 Å². The van der Waals surface area contributed by atoms with Gasteiger partial charge in [0.25, 0.3) is 0 Å². The Balaban J connectivity index is 1.97. The Morgan fingerprint density at radius 1 is 1.36 bits per heavy atom. The van der Waals surface area contributed by atoms with Crippen LogP contribution in [0.15, 0.2) is 0 Å². The molecule has 0 aromatic heterocycles. The van der Waals surface area contributed by atoms with Gasteiger partial charge in [0.2, 0.25) is 5.91 Å². The minimum Gasteiger partial charge on any atom is -0.387 e. The zero-order chi connectivity index (χ0) is 10.2. The highest BCUT2D eigenvalue weighted by Crippen LogP contribution is 2.38. The Morgan fingerprint density at radius 2 is 2.07 bits per heavy atom. The van der Waals surface area contributed by atoms with Crippen LogP contribution in [0.1, 0.15) is 12.8 Å². The summed E-state index contributed by atoms with van der Waals surface area (Å²) in [7, 11) is 0. The van der Waals surface area contributed by atoms with Gasteiger partial charge in [-0.25, -0.2) is 5.01 Å².